The van der Waals surface area contributed by atoms with Gasteiger partial charge in [-0.2, -0.15) is 0 Å². The third kappa shape index (κ3) is 33.9. The molecule has 3 rings (SSSR count). The van der Waals surface area contributed by atoms with Gasteiger partial charge in [0.1, 0.15) is 12.4 Å². The topological polar surface area (TPSA) is 217 Å². The molecule has 1 heterocycles. The van der Waals surface area contributed by atoms with Crippen LogP contribution in [0.3, 0.4) is 0 Å². The van der Waals surface area contributed by atoms with Gasteiger partial charge >= 0.3 is 94.3 Å². The number of aromatic nitrogens is 1. The Morgan fingerprint density at radius 2 is 0.878 bits per heavy atom. The van der Waals surface area contributed by atoms with Crippen LogP contribution in [0.15, 0.2) is 73.1 Å². The number of halogens is 12. The molecule has 0 unspecified atom stereocenters. The summed E-state index contributed by atoms with van der Waals surface area (Å²) in [7, 11) is -19.3. The maximum Gasteiger partial charge on any atom is 5.00 e. The van der Waals surface area contributed by atoms with Crippen LogP contribution >= 0.6 is 15.6 Å². The minimum atomic E-state index is -10.7. The van der Waals surface area contributed by atoms with Crippen molar-refractivity contribution in [2.45, 2.75) is 6.61 Å². The predicted octanol–water partition coefficient (Wildman–Crippen LogP) is 14.3. The third-order valence-corrected chi connectivity index (χ3v) is 7.23. The molecule has 1 aromatic heterocycles. The van der Waals surface area contributed by atoms with Gasteiger partial charge in [-0.15, -0.1) is 0 Å². The van der Waals surface area contributed by atoms with Crippen molar-refractivity contribution in [2.24, 2.45) is 0 Å². The maximum absolute atomic E-state index is 10.7. The fourth-order valence-electron chi connectivity index (χ4n) is 2.92. The number of rotatable bonds is 9. The van der Waals surface area contributed by atoms with Crippen molar-refractivity contribution in [3.05, 3.63) is 121 Å². The Morgan fingerprint density at radius 1 is 0.551 bits per heavy atom. The van der Waals surface area contributed by atoms with E-state index in [2.05, 4.69) is 17.1 Å². The fourth-order valence-corrected chi connectivity index (χ4v) is 4.70. The van der Waals surface area contributed by atoms with Crippen molar-refractivity contribution in [3.8, 4) is 5.75 Å². The first-order valence-electron chi connectivity index (χ1n) is 11.3. The van der Waals surface area contributed by atoms with E-state index in [0.717, 1.165) is 27.6 Å². The minimum Gasteiger partial charge on any atom is -0.693 e. The molecule has 49 heavy (non-hydrogen) atoms. The molecule has 3 aromatic rings. The van der Waals surface area contributed by atoms with Gasteiger partial charge in [-0.05, 0) is 41.0 Å². The van der Waals surface area contributed by atoms with Crippen molar-refractivity contribution >= 4 is 41.8 Å². The smallest absolute Gasteiger partial charge is 0.693 e. The number of nitrogens with zero attached hydrogens (tertiary/aromatic N) is 1. The summed E-state index contributed by atoms with van der Waals surface area (Å²) in [5.41, 5.74) is 3.28. The first-order chi connectivity index (χ1) is 19.1. The van der Waals surface area contributed by atoms with E-state index in [-0.39, 0.29) is 50.2 Å². The fraction of sp³-hybridized carbons (Fsp3) is 0.174. The molecule has 1 radical (unpaired) electrons. The Balaban J connectivity index is -0.000000197. The SMILES string of the molecule is CO[Si](OC)(OC)c1ccc(COc2ccc(/C=C/c3ccncc3)cc2)cc1.F[P-](F)(F)(F)(F)F.F[P-](F)(F)(F)(F)F.[NH2-].[NH2-].[NH2-].[NH2-].[NH2-].[Ru+5]. The van der Waals surface area contributed by atoms with Crippen molar-refractivity contribution in [1.82, 2.24) is 4.98 Å². The molecule has 2 aromatic carbocycles. The van der Waals surface area contributed by atoms with E-state index in [1.54, 1.807) is 33.7 Å². The number of pyridine rings is 1. The van der Waals surface area contributed by atoms with Gasteiger partial charge in [-0.3, -0.25) is 4.98 Å². The van der Waals surface area contributed by atoms with Gasteiger partial charge in [-0.1, -0.05) is 48.6 Å². The molecular formula is C23H35F12N6O4P2RuSi-2. The Hall–Kier alpha value is -2.33. The summed E-state index contributed by atoms with van der Waals surface area (Å²) in [6, 6.07) is 19.9. The van der Waals surface area contributed by atoms with Crippen LogP contribution < -0.4 is 9.92 Å². The monoisotopic (exact) mass is 879 g/mol. The maximum atomic E-state index is 9.87. The third-order valence-electron chi connectivity index (χ3n) is 4.57. The second-order valence-corrected chi connectivity index (χ2v) is 15.0. The number of nitrogens with two attached hydrogens (primary N) is 5. The molecule has 0 saturated heterocycles. The van der Waals surface area contributed by atoms with Crippen LogP contribution in [0.1, 0.15) is 16.7 Å². The largest absolute Gasteiger partial charge is 5.00 e. The molecule has 0 saturated carbocycles. The van der Waals surface area contributed by atoms with E-state index in [0.29, 0.717) is 6.61 Å². The first kappa shape index (κ1) is 58.9. The van der Waals surface area contributed by atoms with E-state index in [9.17, 15) is 50.4 Å². The summed E-state index contributed by atoms with van der Waals surface area (Å²) in [5, 5.41) is 0.916. The van der Waals surface area contributed by atoms with E-state index in [1.807, 2.05) is 60.7 Å². The standard InChI is InChI=1S/C23H25NO4Si.2F6P.5H2N.Ru/c1-25-29(26-2,27-3)23-12-8-21(9-13-23)18-28-22-10-6-19(7-11-22)4-5-20-14-16-24-17-15-20;2*1-7(2,3,4,5)6;;;;;;/h4-17H,18H2,1-3H3;;;5*1H2;/q;7*-1;+5/b5-4+;;;;;;;;. The van der Waals surface area contributed by atoms with Crippen LogP contribution in [0.4, 0.5) is 50.4 Å². The van der Waals surface area contributed by atoms with Crippen LogP contribution in [0.2, 0.25) is 0 Å². The van der Waals surface area contributed by atoms with Gasteiger partial charge in [-0.25, -0.2) is 0 Å². The molecule has 10 N–H and O–H groups in total. The molecule has 26 heteroatoms. The zero-order valence-corrected chi connectivity index (χ0v) is 30.1. The molecule has 0 bridgehead atoms. The molecular weight excluding hydrogens is 843 g/mol. The Labute approximate surface area is 288 Å². The summed E-state index contributed by atoms with van der Waals surface area (Å²) in [6.45, 7) is 0.480. The van der Waals surface area contributed by atoms with Gasteiger partial charge < -0.3 is 48.8 Å². The number of hydrogen-bond donors (Lipinski definition) is 0. The van der Waals surface area contributed by atoms with Gasteiger partial charge in [0, 0.05) is 38.9 Å². The second-order valence-electron chi connectivity index (χ2n) is 8.25. The summed E-state index contributed by atoms with van der Waals surface area (Å²) in [5.74, 6) is 0.824. The van der Waals surface area contributed by atoms with Crippen LogP contribution in [0, 0.1) is 0 Å². The molecule has 0 atom stereocenters. The van der Waals surface area contributed by atoms with Crippen LogP contribution in [-0.4, -0.2) is 35.1 Å². The Morgan fingerprint density at radius 3 is 1.20 bits per heavy atom. The minimum absolute atomic E-state index is 0. The average Bonchev–Trinajstić information content (AvgIpc) is 2.86. The normalized spacial score (nSPS) is 13.5. The zero-order valence-electron chi connectivity index (χ0n) is 25.5. The summed E-state index contributed by atoms with van der Waals surface area (Å²) < 4.78 is 141. The van der Waals surface area contributed by atoms with Gasteiger partial charge in [0.05, 0.1) is 0 Å². The molecule has 0 aliphatic rings. The first-order valence-corrected chi connectivity index (χ1v) is 17.1. The number of ether oxygens (including phenoxy) is 1. The van der Waals surface area contributed by atoms with Gasteiger partial charge in [0.15, 0.2) is 0 Å². The van der Waals surface area contributed by atoms with E-state index in [4.69, 9.17) is 18.0 Å². The summed E-state index contributed by atoms with van der Waals surface area (Å²) in [4.78, 5) is 4.02. The molecule has 0 aliphatic carbocycles. The van der Waals surface area contributed by atoms with Crippen LogP contribution in [0.25, 0.3) is 42.9 Å². The van der Waals surface area contributed by atoms with E-state index < -0.39 is 24.4 Å². The predicted molar refractivity (Wildman–Crippen MR) is 170 cm³/mol. The van der Waals surface area contributed by atoms with Crippen LogP contribution in [-0.2, 0) is 39.4 Å². The summed E-state index contributed by atoms with van der Waals surface area (Å²) >= 11 is 0. The Kier molecular flexibility index (Phi) is 23.2. The zero-order chi connectivity index (χ0) is 33.3. The number of benzene rings is 2. The van der Waals surface area contributed by atoms with E-state index >= 15 is 0 Å². The Bertz CT molecular complexity index is 1300. The van der Waals surface area contributed by atoms with Crippen molar-refractivity contribution < 1.29 is 87.9 Å². The van der Waals surface area contributed by atoms with Crippen molar-refractivity contribution in [1.29, 1.82) is 0 Å². The number of hydrogen-bond acceptors (Lipinski definition) is 5. The summed E-state index contributed by atoms with van der Waals surface area (Å²) in [6.07, 6.45) is 7.69. The van der Waals surface area contributed by atoms with Crippen molar-refractivity contribution in [3.63, 3.8) is 0 Å². The van der Waals surface area contributed by atoms with Gasteiger partial charge in [0.2, 0.25) is 0 Å². The van der Waals surface area contributed by atoms with Crippen molar-refractivity contribution in [2.75, 3.05) is 21.3 Å². The second kappa shape index (κ2) is 19.3. The molecule has 0 aliphatic heterocycles. The molecule has 0 fully saturated rings. The molecule has 0 amide bonds. The van der Waals surface area contributed by atoms with E-state index in [1.165, 1.54) is 0 Å². The average molecular weight is 879 g/mol. The quantitative estimate of drug-likeness (QED) is 0.116. The molecule has 289 valence electrons. The van der Waals surface area contributed by atoms with Crippen LogP contribution in [0.5, 0.6) is 5.75 Å². The molecule has 0 spiro atoms. The molecule has 10 nitrogen and oxygen atoms in total. The van der Waals surface area contributed by atoms with Gasteiger partial charge in [0.25, 0.3) is 0 Å².